The molecule has 0 aliphatic carbocycles. The fraction of sp³-hybridized carbons (Fsp3) is 0.632. The van der Waals surface area contributed by atoms with Crippen LogP contribution in [-0.2, 0) is 6.42 Å². The molecule has 0 bridgehead atoms. The lowest BCUT2D eigenvalue weighted by Crippen LogP contribution is -2.39. The summed E-state index contributed by atoms with van der Waals surface area (Å²) in [6.07, 6.45) is 3.31. The number of nitrogens with one attached hydrogen (secondary N) is 2. The number of guanidine groups is 1. The van der Waals surface area contributed by atoms with E-state index in [2.05, 4.69) is 34.4 Å². The van der Waals surface area contributed by atoms with Gasteiger partial charge in [-0.15, -0.1) is 24.0 Å². The maximum Gasteiger partial charge on any atom is 0.191 e. The largest absolute Gasteiger partial charge is 0.357 e. The summed E-state index contributed by atoms with van der Waals surface area (Å²) in [5.41, 5.74) is 0.739. The standard InChI is InChI=1S/C19H31FN4.HI/c1-3-21-19(22-11-10-17-8-4-5-9-18(17)20)23-14-16(2)15-24-12-6-7-13-24;/h4-5,8-9,16H,3,6-7,10-15H2,1-2H3,(H2,21,22,23);1H. The molecule has 1 saturated heterocycles. The Hall–Kier alpha value is -0.890. The van der Waals surface area contributed by atoms with Gasteiger partial charge in [-0.25, -0.2) is 4.39 Å². The third-order valence-corrected chi connectivity index (χ3v) is 4.32. The molecule has 25 heavy (non-hydrogen) atoms. The Morgan fingerprint density at radius 2 is 1.96 bits per heavy atom. The van der Waals surface area contributed by atoms with Gasteiger partial charge in [0.25, 0.3) is 0 Å². The Labute approximate surface area is 168 Å². The molecule has 0 radical (unpaired) electrons. The van der Waals surface area contributed by atoms with Crippen LogP contribution in [0.15, 0.2) is 29.3 Å². The number of rotatable bonds is 8. The third-order valence-electron chi connectivity index (χ3n) is 4.32. The van der Waals surface area contributed by atoms with Crippen LogP contribution in [0.3, 0.4) is 0 Å². The van der Waals surface area contributed by atoms with Crippen molar-refractivity contribution in [2.45, 2.75) is 33.1 Å². The van der Waals surface area contributed by atoms with Gasteiger partial charge in [0.05, 0.1) is 0 Å². The average molecular weight is 462 g/mol. The van der Waals surface area contributed by atoms with Crippen molar-refractivity contribution in [2.75, 3.05) is 39.3 Å². The smallest absolute Gasteiger partial charge is 0.191 e. The predicted octanol–water partition coefficient (Wildman–Crippen LogP) is 3.27. The third kappa shape index (κ3) is 8.35. The number of aliphatic imine (C=N–C) groups is 1. The minimum atomic E-state index is -0.138. The summed E-state index contributed by atoms with van der Waals surface area (Å²) < 4.78 is 13.6. The van der Waals surface area contributed by atoms with Crippen LogP contribution in [0, 0.1) is 11.7 Å². The van der Waals surface area contributed by atoms with E-state index in [9.17, 15) is 4.39 Å². The second kappa shape index (κ2) is 12.5. The molecule has 1 aromatic rings. The monoisotopic (exact) mass is 462 g/mol. The van der Waals surface area contributed by atoms with Crippen molar-refractivity contribution in [1.29, 1.82) is 0 Å². The van der Waals surface area contributed by atoms with Gasteiger partial charge in [-0.05, 0) is 56.8 Å². The van der Waals surface area contributed by atoms with Gasteiger partial charge in [0.2, 0.25) is 0 Å². The van der Waals surface area contributed by atoms with E-state index in [1.807, 2.05) is 12.1 Å². The van der Waals surface area contributed by atoms with E-state index in [-0.39, 0.29) is 29.8 Å². The van der Waals surface area contributed by atoms with Crippen LogP contribution in [0.1, 0.15) is 32.3 Å². The first-order chi connectivity index (χ1) is 11.7. The van der Waals surface area contributed by atoms with Crippen LogP contribution in [0.25, 0.3) is 0 Å². The quantitative estimate of drug-likeness (QED) is 0.354. The molecule has 1 aliphatic heterocycles. The van der Waals surface area contributed by atoms with Crippen LogP contribution < -0.4 is 10.6 Å². The molecular weight excluding hydrogens is 430 g/mol. The fourth-order valence-corrected chi connectivity index (χ4v) is 3.07. The lowest BCUT2D eigenvalue weighted by atomic mass is 10.1. The maximum atomic E-state index is 13.6. The Balaban J connectivity index is 0.00000312. The van der Waals surface area contributed by atoms with Crippen molar-refractivity contribution < 1.29 is 4.39 Å². The van der Waals surface area contributed by atoms with Crippen LogP contribution in [0.5, 0.6) is 0 Å². The summed E-state index contributed by atoms with van der Waals surface area (Å²) in [5.74, 6) is 1.23. The Morgan fingerprint density at radius 1 is 1.24 bits per heavy atom. The fourth-order valence-electron chi connectivity index (χ4n) is 3.07. The molecule has 0 amide bonds. The number of hydrogen-bond donors (Lipinski definition) is 2. The summed E-state index contributed by atoms with van der Waals surface area (Å²) in [7, 11) is 0. The lowest BCUT2D eigenvalue weighted by molar-refractivity contribution is 0.291. The summed E-state index contributed by atoms with van der Waals surface area (Å²) in [4.78, 5) is 7.21. The zero-order valence-corrected chi connectivity index (χ0v) is 17.8. The SMILES string of the molecule is CCNC(=NCC(C)CN1CCCC1)NCCc1ccccc1F.I. The zero-order valence-electron chi connectivity index (χ0n) is 15.4. The molecule has 2 rings (SSSR count). The van der Waals surface area contributed by atoms with Gasteiger partial charge < -0.3 is 15.5 Å². The van der Waals surface area contributed by atoms with Gasteiger partial charge in [-0.1, -0.05) is 25.1 Å². The highest BCUT2D eigenvalue weighted by Gasteiger charge is 2.14. The second-order valence-electron chi connectivity index (χ2n) is 6.60. The van der Waals surface area contributed by atoms with Crippen molar-refractivity contribution in [3.05, 3.63) is 35.6 Å². The van der Waals surface area contributed by atoms with Crippen LogP contribution in [-0.4, -0.2) is 50.1 Å². The van der Waals surface area contributed by atoms with Crippen LogP contribution in [0.2, 0.25) is 0 Å². The van der Waals surface area contributed by atoms with E-state index in [4.69, 9.17) is 0 Å². The Bertz CT molecular complexity index is 518. The summed E-state index contributed by atoms with van der Waals surface area (Å²) in [5, 5.41) is 6.57. The molecular formula is C19H32FIN4. The molecule has 0 spiro atoms. The minimum Gasteiger partial charge on any atom is -0.357 e. The molecule has 0 aromatic heterocycles. The van der Waals surface area contributed by atoms with Gasteiger partial charge in [0.15, 0.2) is 5.96 Å². The van der Waals surface area contributed by atoms with Crippen molar-refractivity contribution in [2.24, 2.45) is 10.9 Å². The second-order valence-corrected chi connectivity index (χ2v) is 6.60. The van der Waals surface area contributed by atoms with Crippen LogP contribution >= 0.6 is 24.0 Å². The first kappa shape index (κ1) is 22.2. The van der Waals surface area contributed by atoms with Crippen molar-refractivity contribution in [3.63, 3.8) is 0 Å². The average Bonchev–Trinajstić information content (AvgIpc) is 3.07. The number of hydrogen-bond acceptors (Lipinski definition) is 2. The molecule has 1 unspecified atom stereocenters. The van der Waals surface area contributed by atoms with Crippen molar-refractivity contribution in [3.8, 4) is 0 Å². The molecule has 0 saturated carbocycles. The first-order valence-electron chi connectivity index (χ1n) is 9.17. The van der Waals surface area contributed by atoms with E-state index in [0.717, 1.165) is 31.2 Å². The maximum absolute atomic E-state index is 13.6. The molecule has 4 nitrogen and oxygen atoms in total. The highest BCUT2D eigenvalue weighted by molar-refractivity contribution is 14.0. The van der Waals surface area contributed by atoms with Gasteiger partial charge in [-0.2, -0.15) is 0 Å². The number of nitrogens with zero attached hydrogens (tertiary/aromatic N) is 2. The van der Waals surface area contributed by atoms with E-state index in [1.54, 1.807) is 6.07 Å². The molecule has 1 aliphatic rings. The topological polar surface area (TPSA) is 39.7 Å². The molecule has 1 fully saturated rings. The van der Waals surface area contributed by atoms with E-state index < -0.39 is 0 Å². The van der Waals surface area contributed by atoms with Crippen molar-refractivity contribution in [1.82, 2.24) is 15.5 Å². The number of likely N-dealkylation sites (tertiary alicyclic amines) is 1. The van der Waals surface area contributed by atoms with Crippen LogP contribution in [0.4, 0.5) is 4.39 Å². The van der Waals surface area contributed by atoms with Gasteiger partial charge >= 0.3 is 0 Å². The molecule has 142 valence electrons. The highest BCUT2D eigenvalue weighted by Crippen LogP contribution is 2.10. The lowest BCUT2D eigenvalue weighted by Gasteiger charge is -2.19. The number of halogens is 2. The van der Waals surface area contributed by atoms with E-state index >= 15 is 0 Å². The number of benzene rings is 1. The molecule has 2 N–H and O–H groups in total. The molecule has 1 aromatic carbocycles. The first-order valence-corrected chi connectivity index (χ1v) is 9.17. The summed E-state index contributed by atoms with van der Waals surface area (Å²) >= 11 is 0. The van der Waals surface area contributed by atoms with Gasteiger partial charge in [-0.3, -0.25) is 4.99 Å². The predicted molar refractivity (Wildman–Crippen MR) is 114 cm³/mol. The Morgan fingerprint density at radius 3 is 2.64 bits per heavy atom. The normalized spacial score (nSPS) is 16.4. The summed E-state index contributed by atoms with van der Waals surface area (Å²) in [6, 6.07) is 6.94. The molecule has 6 heteroatoms. The van der Waals surface area contributed by atoms with Crippen molar-refractivity contribution >= 4 is 29.9 Å². The van der Waals surface area contributed by atoms with Gasteiger partial charge in [0.1, 0.15) is 5.82 Å². The Kier molecular flexibility index (Phi) is 11.0. The zero-order chi connectivity index (χ0) is 17.2. The minimum absolute atomic E-state index is 0. The van der Waals surface area contributed by atoms with E-state index in [1.165, 1.54) is 32.0 Å². The molecule has 1 heterocycles. The molecule has 1 atom stereocenters. The van der Waals surface area contributed by atoms with Gasteiger partial charge in [0, 0.05) is 26.2 Å². The van der Waals surface area contributed by atoms with E-state index in [0.29, 0.717) is 18.9 Å². The highest BCUT2D eigenvalue weighted by atomic mass is 127. The summed E-state index contributed by atoms with van der Waals surface area (Å²) in [6.45, 7) is 10.2.